The van der Waals surface area contributed by atoms with E-state index in [2.05, 4.69) is 0 Å². The van der Waals surface area contributed by atoms with Gasteiger partial charge in [-0.3, -0.25) is 9.80 Å². The molecule has 2 amide bonds. The fraction of sp³-hybridized carbons (Fsp3) is 0.500. The molecule has 10 heteroatoms. The summed E-state index contributed by atoms with van der Waals surface area (Å²) < 4.78 is 33.3. The molecule has 2 aliphatic heterocycles. The predicted octanol–water partition coefficient (Wildman–Crippen LogP) is 4.53. The highest BCUT2D eigenvalue weighted by Gasteiger charge is 2.45. The van der Waals surface area contributed by atoms with E-state index in [0.717, 1.165) is 22.3 Å². The molecule has 0 saturated heterocycles. The number of amides is 2. The Morgan fingerprint density at radius 3 is 1.32 bits per heavy atom. The Morgan fingerprint density at radius 2 is 1.00 bits per heavy atom. The van der Waals surface area contributed by atoms with Crippen LogP contribution in [0.2, 0.25) is 0 Å². The zero-order valence-electron chi connectivity index (χ0n) is 22.9. The molecule has 2 heterocycles. The SMILES string of the molecule is CCOC(=O)N1CCc2cc(OC)c(OC)cc2[C@H]1[C@@H]1c2cc(OC)c(OC)cc2CCN1C(=O)OCC. The van der Waals surface area contributed by atoms with Gasteiger partial charge in [0.1, 0.15) is 0 Å². The fourth-order valence-electron chi connectivity index (χ4n) is 5.46. The first kappa shape index (κ1) is 27.2. The van der Waals surface area contributed by atoms with E-state index < -0.39 is 24.3 Å². The number of carbonyl (C=O) groups excluding carboxylic acids is 2. The average Bonchev–Trinajstić information content (AvgIpc) is 2.94. The van der Waals surface area contributed by atoms with E-state index in [9.17, 15) is 9.59 Å². The van der Waals surface area contributed by atoms with Crippen LogP contribution in [0, 0.1) is 0 Å². The smallest absolute Gasteiger partial charge is 0.410 e. The summed E-state index contributed by atoms with van der Waals surface area (Å²) in [5.74, 6) is 2.28. The van der Waals surface area contributed by atoms with E-state index in [1.165, 1.54) is 0 Å². The molecule has 10 nitrogen and oxygen atoms in total. The first-order chi connectivity index (χ1) is 18.4. The molecule has 4 rings (SSSR count). The van der Waals surface area contributed by atoms with Crippen molar-refractivity contribution in [3.05, 3.63) is 46.5 Å². The normalized spacial score (nSPS) is 18.2. The van der Waals surface area contributed by atoms with Gasteiger partial charge in [-0.25, -0.2) is 9.59 Å². The maximum Gasteiger partial charge on any atom is 0.410 e. The summed E-state index contributed by atoms with van der Waals surface area (Å²) in [6.45, 7) is 4.82. The molecule has 0 bridgehead atoms. The number of methoxy groups -OCH3 is 4. The molecule has 38 heavy (non-hydrogen) atoms. The van der Waals surface area contributed by atoms with Gasteiger partial charge in [0.25, 0.3) is 0 Å². The van der Waals surface area contributed by atoms with Crippen molar-refractivity contribution in [1.82, 2.24) is 9.80 Å². The van der Waals surface area contributed by atoms with Crippen molar-refractivity contribution in [1.29, 1.82) is 0 Å². The van der Waals surface area contributed by atoms with Crippen LogP contribution in [0.1, 0.15) is 48.2 Å². The Hall–Kier alpha value is -3.82. The first-order valence-electron chi connectivity index (χ1n) is 12.8. The molecule has 0 aliphatic carbocycles. The van der Waals surface area contributed by atoms with Crippen LogP contribution in [-0.4, -0.2) is 76.7 Å². The van der Waals surface area contributed by atoms with Crippen molar-refractivity contribution < 1.29 is 38.0 Å². The monoisotopic (exact) mass is 528 g/mol. The Morgan fingerprint density at radius 1 is 0.658 bits per heavy atom. The van der Waals surface area contributed by atoms with Gasteiger partial charge < -0.3 is 28.4 Å². The van der Waals surface area contributed by atoms with E-state index in [0.29, 0.717) is 48.9 Å². The van der Waals surface area contributed by atoms with Crippen molar-refractivity contribution in [2.45, 2.75) is 38.8 Å². The molecule has 2 aromatic rings. The Labute approximate surface area is 223 Å². The zero-order chi connectivity index (χ0) is 27.4. The van der Waals surface area contributed by atoms with E-state index in [1.54, 1.807) is 52.1 Å². The van der Waals surface area contributed by atoms with Crippen LogP contribution in [0.4, 0.5) is 9.59 Å². The molecule has 2 atom stereocenters. The van der Waals surface area contributed by atoms with Gasteiger partial charge in [-0.05, 0) is 73.2 Å². The molecule has 0 aromatic heterocycles. The van der Waals surface area contributed by atoms with E-state index in [1.807, 2.05) is 24.3 Å². The second kappa shape index (κ2) is 11.7. The number of benzene rings is 2. The van der Waals surface area contributed by atoms with Gasteiger partial charge in [0.05, 0.1) is 53.7 Å². The summed E-state index contributed by atoms with van der Waals surface area (Å²) in [4.78, 5) is 30.1. The Balaban J connectivity index is 1.98. The Bertz CT molecular complexity index is 1090. The summed E-state index contributed by atoms with van der Waals surface area (Å²) >= 11 is 0. The molecule has 2 aromatic carbocycles. The molecule has 2 aliphatic rings. The van der Waals surface area contributed by atoms with E-state index in [-0.39, 0.29) is 13.2 Å². The zero-order valence-corrected chi connectivity index (χ0v) is 22.9. The highest BCUT2D eigenvalue weighted by Crippen LogP contribution is 2.49. The second-order valence-corrected chi connectivity index (χ2v) is 8.99. The Kier molecular flexibility index (Phi) is 8.38. The number of nitrogens with zero attached hydrogens (tertiary/aromatic N) is 2. The molecule has 0 spiro atoms. The molecule has 0 radical (unpaired) electrons. The van der Waals surface area contributed by atoms with Crippen LogP contribution in [0.5, 0.6) is 23.0 Å². The maximum absolute atomic E-state index is 13.3. The van der Waals surface area contributed by atoms with Crippen LogP contribution in [-0.2, 0) is 22.3 Å². The van der Waals surface area contributed by atoms with Crippen LogP contribution >= 0.6 is 0 Å². The second-order valence-electron chi connectivity index (χ2n) is 8.99. The minimum Gasteiger partial charge on any atom is -0.493 e. The third-order valence-electron chi connectivity index (χ3n) is 7.15. The van der Waals surface area contributed by atoms with Crippen LogP contribution in [0.3, 0.4) is 0 Å². The summed E-state index contributed by atoms with van der Waals surface area (Å²) in [5.41, 5.74) is 3.71. The number of rotatable bonds is 7. The highest BCUT2D eigenvalue weighted by molar-refractivity contribution is 5.72. The number of ether oxygens (including phenoxy) is 6. The van der Waals surface area contributed by atoms with Crippen molar-refractivity contribution in [3.8, 4) is 23.0 Å². The molecule has 0 saturated carbocycles. The van der Waals surface area contributed by atoms with E-state index >= 15 is 0 Å². The standard InChI is InChI=1S/C28H36N2O8/c1-7-37-27(31)29-11-9-17-13-21(33-3)23(35-5)15-19(17)25(29)26-20-16-24(36-6)22(34-4)14-18(20)10-12-30(26)28(32)38-8-2/h13-16,25-26H,7-12H2,1-6H3/t25-,26-/m0/s1. The first-order valence-corrected chi connectivity index (χ1v) is 12.8. The summed E-state index contributed by atoms with van der Waals surface area (Å²) in [6.07, 6.45) is 0.287. The lowest BCUT2D eigenvalue weighted by Gasteiger charge is -2.47. The van der Waals surface area contributed by atoms with Gasteiger partial charge in [-0.15, -0.1) is 0 Å². The van der Waals surface area contributed by atoms with Crippen molar-refractivity contribution in [3.63, 3.8) is 0 Å². The van der Waals surface area contributed by atoms with Crippen molar-refractivity contribution in [2.24, 2.45) is 0 Å². The predicted molar refractivity (Wildman–Crippen MR) is 139 cm³/mol. The van der Waals surface area contributed by atoms with Gasteiger partial charge >= 0.3 is 12.2 Å². The minimum atomic E-state index is -0.584. The van der Waals surface area contributed by atoms with Gasteiger partial charge in [-0.1, -0.05) is 0 Å². The topological polar surface area (TPSA) is 96.0 Å². The van der Waals surface area contributed by atoms with Crippen LogP contribution < -0.4 is 18.9 Å². The maximum atomic E-state index is 13.3. The molecular weight excluding hydrogens is 492 g/mol. The molecular formula is C28H36N2O8. The third kappa shape index (κ3) is 4.87. The van der Waals surface area contributed by atoms with Crippen LogP contribution in [0.25, 0.3) is 0 Å². The molecule has 206 valence electrons. The molecule has 0 unspecified atom stereocenters. The van der Waals surface area contributed by atoms with Crippen LogP contribution in [0.15, 0.2) is 24.3 Å². The largest absolute Gasteiger partial charge is 0.493 e. The van der Waals surface area contributed by atoms with Gasteiger partial charge in [0.2, 0.25) is 0 Å². The molecule has 0 fully saturated rings. The lowest BCUT2D eigenvalue weighted by atomic mass is 9.80. The van der Waals surface area contributed by atoms with Gasteiger partial charge in [0.15, 0.2) is 23.0 Å². The lowest BCUT2D eigenvalue weighted by molar-refractivity contribution is 0.0338. The summed E-state index contributed by atoms with van der Waals surface area (Å²) in [6, 6.07) is 6.50. The molecule has 0 N–H and O–H groups in total. The lowest BCUT2D eigenvalue weighted by Crippen LogP contribution is -2.50. The summed E-state index contributed by atoms with van der Waals surface area (Å²) in [5, 5.41) is 0. The minimum absolute atomic E-state index is 0.231. The quantitative estimate of drug-likeness (QED) is 0.517. The van der Waals surface area contributed by atoms with Gasteiger partial charge in [-0.2, -0.15) is 0 Å². The highest BCUT2D eigenvalue weighted by atomic mass is 16.6. The number of carbonyl (C=O) groups is 2. The van der Waals surface area contributed by atoms with E-state index in [4.69, 9.17) is 28.4 Å². The third-order valence-corrected chi connectivity index (χ3v) is 7.15. The number of fused-ring (bicyclic) bond motifs is 2. The fourth-order valence-corrected chi connectivity index (χ4v) is 5.46. The average molecular weight is 529 g/mol. The number of hydrogen-bond acceptors (Lipinski definition) is 8. The number of hydrogen-bond donors (Lipinski definition) is 0. The van der Waals surface area contributed by atoms with Crippen molar-refractivity contribution in [2.75, 3.05) is 54.7 Å². The van der Waals surface area contributed by atoms with Crippen molar-refractivity contribution >= 4 is 12.2 Å². The summed E-state index contributed by atoms with van der Waals surface area (Å²) in [7, 11) is 6.33. The van der Waals surface area contributed by atoms with Gasteiger partial charge in [0, 0.05) is 13.1 Å².